The zero-order valence-corrected chi connectivity index (χ0v) is 12.3. The second kappa shape index (κ2) is 8.48. The maximum atomic E-state index is 4.16. The Hall–Kier alpha value is 0.400. The summed E-state index contributed by atoms with van der Waals surface area (Å²) in [6.45, 7) is 9.75. The molecule has 1 fully saturated rings. The van der Waals surface area contributed by atoms with Gasteiger partial charge in [-0.3, -0.25) is 0 Å². The van der Waals surface area contributed by atoms with Crippen LogP contribution in [-0.4, -0.2) is 35.1 Å². The van der Waals surface area contributed by atoms with Gasteiger partial charge in [-0.15, -0.1) is 0 Å². The first-order valence-electron chi connectivity index (χ1n) is 6.37. The molecule has 0 spiro atoms. The van der Waals surface area contributed by atoms with Crippen LogP contribution in [0.2, 0.25) is 0 Å². The summed E-state index contributed by atoms with van der Waals surface area (Å²) < 4.78 is 0. The maximum Gasteiger partial charge on any atom is 0.0295 e. The summed E-state index contributed by atoms with van der Waals surface area (Å²) in [5.74, 6) is 3.96. The topological polar surface area (TPSA) is 12.0 Å². The quantitative estimate of drug-likeness (QED) is 0.702. The van der Waals surface area contributed by atoms with E-state index in [1.807, 2.05) is 0 Å². The molecule has 1 saturated heterocycles. The van der Waals surface area contributed by atoms with Gasteiger partial charge in [0.25, 0.3) is 0 Å². The molecule has 2 atom stereocenters. The van der Waals surface area contributed by atoms with Crippen LogP contribution >= 0.6 is 23.5 Å². The van der Waals surface area contributed by atoms with Crippen LogP contribution in [-0.2, 0) is 0 Å². The Morgan fingerprint density at radius 1 is 1.44 bits per heavy atom. The summed E-state index contributed by atoms with van der Waals surface area (Å²) in [7, 11) is 0. The minimum Gasteiger partial charge on any atom is -0.313 e. The van der Waals surface area contributed by atoms with E-state index in [4.69, 9.17) is 0 Å². The fourth-order valence-corrected chi connectivity index (χ4v) is 4.75. The first kappa shape index (κ1) is 14.5. The fraction of sp³-hybridized carbons (Fsp3) is 0.846. The van der Waals surface area contributed by atoms with Crippen molar-refractivity contribution in [2.75, 3.05) is 23.8 Å². The van der Waals surface area contributed by atoms with E-state index in [2.05, 4.69) is 49.3 Å². The van der Waals surface area contributed by atoms with E-state index in [0.717, 1.165) is 24.6 Å². The number of hydrogen-bond donors (Lipinski definition) is 1. The summed E-state index contributed by atoms with van der Waals surface area (Å²) in [5.41, 5.74) is 1.39. The molecule has 0 saturated carbocycles. The van der Waals surface area contributed by atoms with Crippen LogP contribution in [0.25, 0.3) is 0 Å². The summed E-state index contributed by atoms with van der Waals surface area (Å²) in [5, 5.41) is 4.50. The second-order valence-electron chi connectivity index (χ2n) is 4.35. The van der Waals surface area contributed by atoms with Crippen molar-refractivity contribution in [2.45, 2.75) is 44.4 Å². The van der Waals surface area contributed by atoms with Gasteiger partial charge in [0.1, 0.15) is 0 Å². The molecule has 1 N–H and O–H groups in total. The minimum atomic E-state index is 0.644. The minimum absolute atomic E-state index is 0.644. The molecule has 3 heteroatoms. The molecule has 0 aromatic carbocycles. The predicted molar refractivity (Wildman–Crippen MR) is 79.7 cm³/mol. The Labute approximate surface area is 109 Å². The van der Waals surface area contributed by atoms with Gasteiger partial charge in [-0.1, -0.05) is 26.0 Å². The van der Waals surface area contributed by atoms with Gasteiger partial charge >= 0.3 is 0 Å². The van der Waals surface area contributed by atoms with E-state index in [0.29, 0.717) is 6.04 Å². The zero-order chi connectivity index (χ0) is 11.8. The van der Waals surface area contributed by atoms with Crippen LogP contribution in [0.5, 0.6) is 0 Å². The molecule has 16 heavy (non-hydrogen) atoms. The lowest BCUT2D eigenvalue weighted by atomic mass is 10.0. The smallest absolute Gasteiger partial charge is 0.0295 e. The van der Waals surface area contributed by atoms with Crippen molar-refractivity contribution in [3.05, 3.63) is 12.2 Å². The highest BCUT2D eigenvalue weighted by atomic mass is 32.2. The number of thioether (sulfide) groups is 2. The average Bonchev–Trinajstić information content (AvgIpc) is 2.35. The van der Waals surface area contributed by atoms with Crippen LogP contribution in [0, 0.1) is 0 Å². The largest absolute Gasteiger partial charge is 0.313 e. The zero-order valence-electron chi connectivity index (χ0n) is 10.6. The SMILES string of the molecule is C=C(CC)CC(NCCC)C1CSCCS1. The lowest BCUT2D eigenvalue weighted by Gasteiger charge is -2.30. The molecule has 1 aliphatic heterocycles. The molecule has 0 aliphatic carbocycles. The average molecular weight is 259 g/mol. The molecule has 0 aromatic rings. The van der Waals surface area contributed by atoms with Crippen molar-refractivity contribution < 1.29 is 0 Å². The van der Waals surface area contributed by atoms with Crippen molar-refractivity contribution in [2.24, 2.45) is 0 Å². The van der Waals surface area contributed by atoms with Crippen molar-refractivity contribution in [1.29, 1.82) is 0 Å². The number of rotatable bonds is 7. The number of hydrogen-bond acceptors (Lipinski definition) is 3. The Balaban J connectivity index is 2.43. The van der Waals surface area contributed by atoms with Crippen molar-refractivity contribution in [1.82, 2.24) is 5.32 Å². The van der Waals surface area contributed by atoms with E-state index < -0.39 is 0 Å². The van der Waals surface area contributed by atoms with E-state index in [1.54, 1.807) is 0 Å². The van der Waals surface area contributed by atoms with E-state index in [1.165, 1.54) is 29.3 Å². The summed E-state index contributed by atoms with van der Waals surface area (Å²) >= 11 is 4.26. The normalized spacial score (nSPS) is 23.0. The Morgan fingerprint density at radius 3 is 2.81 bits per heavy atom. The van der Waals surface area contributed by atoms with Gasteiger partial charge in [-0.25, -0.2) is 0 Å². The van der Waals surface area contributed by atoms with Crippen LogP contribution in [0.1, 0.15) is 33.1 Å². The Bertz CT molecular complexity index is 200. The molecule has 2 unspecified atom stereocenters. The van der Waals surface area contributed by atoms with Gasteiger partial charge in [0.05, 0.1) is 0 Å². The summed E-state index contributed by atoms with van der Waals surface area (Å²) in [6, 6.07) is 0.644. The molecule has 0 radical (unpaired) electrons. The van der Waals surface area contributed by atoms with E-state index in [-0.39, 0.29) is 0 Å². The van der Waals surface area contributed by atoms with Crippen molar-refractivity contribution in [3.8, 4) is 0 Å². The molecule has 1 rings (SSSR count). The standard InChI is InChI=1S/C13H25NS2/c1-4-6-14-12(9-11(3)5-2)13-10-15-7-8-16-13/h12-14H,3-10H2,1-2H3. The molecule has 1 aliphatic rings. The third kappa shape index (κ3) is 5.15. The molecular weight excluding hydrogens is 234 g/mol. The molecule has 1 heterocycles. The number of nitrogens with one attached hydrogen (secondary N) is 1. The molecule has 0 aromatic heterocycles. The highest BCUT2D eigenvalue weighted by Crippen LogP contribution is 2.29. The predicted octanol–water partition coefficient (Wildman–Crippen LogP) is 3.56. The van der Waals surface area contributed by atoms with E-state index >= 15 is 0 Å². The molecule has 0 amide bonds. The first-order valence-corrected chi connectivity index (χ1v) is 8.57. The Morgan fingerprint density at radius 2 is 2.25 bits per heavy atom. The molecule has 0 bridgehead atoms. The first-order chi connectivity index (χ1) is 7.77. The third-order valence-corrected chi connectivity index (χ3v) is 5.88. The molecular formula is C13H25NS2. The van der Waals surface area contributed by atoms with Crippen molar-refractivity contribution in [3.63, 3.8) is 0 Å². The summed E-state index contributed by atoms with van der Waals surface area (Å²) in [4.78, 5) is 0. The lowest BCUT2D eigenvalue weighted by molar-refractivity contribution is 0.501. The van der Waals surface area contributed by atoms with Gasteiger partial charge in [0, 0.05) is 28.6 Å². The van der Waals surface area contributed by atoms with E-state index in [9.17, 15) is 0 Å². The van der Waals surface area contributed by atoms with Crippen LogP contribution in [0.3, 0.4) is 0 Å². The van der Waals surface area contributed by atoms with Gasteiger partial charge < -0.3 is 5.32 Å². The van der Waals surface area contributed by atoms with Crippen LogP contribution in [0.15, 0.2) is 12.2 Å². The van der Waals surface area contributed by atoms with Crippen LogP contribution < -0.4 is 5.32 Å². The highest BCUT2D eigenvalue weighted by Gasteiger charge is 2.24. The van der Waals surface area contributed by atoms with Crippen LogP contribution in [0.4, 0.5) is 0 Å². The van der Waals surface area contributed by atoms with Gasteiger partial charge in [-0.05, 0) is 25.8 Å². The second-order valence-corrected chi connectivity index (χ2v) is 6.85. The molecule has 1 nitrogen and oxygen atoms in total. The van der Waals surface area contributed by atoms with Crippen molar-refractivity contribution >= 4 is 23.5 Å². The monoisotopic (exact) mass is 259 g/mol. The Kier molecular flexibility index (Phi) is 7.67. The third-order valence-electron chi connectivity index (χ3n) is 2.96. The maximum absolute atomic E-state index is 4.16. The fourth-order valence-electron chi connectivity index (χ4n) is 1.86. The van der Waals surface area contributed by atoms with Gasteiger partial charge in [0.2, 0.25) is 0 Å². The lowest BCUT2D eigenvalue weighted by Crippen LogP contribution is -2.41. The highest BCUT2D eigenvalue weighted by molar-refractivity contribution is 8.06. The molecule has 94 valence electrons. The van der Waals surface area contributed by atoms with Gasteiger partial charge in [0.15, 0.2) is 0 Å². The summed E-state index contributed by atoms with van der Waals surface area (Å²) in [6.07, 6.45) is 3.50. The van der Waals surface area contributed by atoms with Gasteiger partial charge in [-0.2, -0.15) is 23.5 Å².